The number of barbiturate groups is 1. The predicted octanol–water partition coefficient (Wildman–Crippen LogP) is 3.83. The Balaban J connectivity index is 1.43. The van der Waals surface area contributed by atoms with E-state index in [0.717, 1.165) is 10.6 Å². The summed E-state index contributed by atoms with van der Waals surface area (Å²) in [6.45, 7) is 0.600. The second-order valence-corrected chi connectivity index (χ2v) is 7.60. The number of amides is 4. The minimum Gasteiger partial charge on any atom is -0.497 e. The first-order valence-electron chi connectivity index (χ1n) is 11.0. The van der Waals surface area contributed by atoms with Gasteiger partial charge in [-0.2, -0.15) is 0 Å². The summed E-state index contributed by atoms with van der Waals surface area (Å²) in [5.41, 5.74) is 0.696. The highest BCUT2D eigenvalue weighted by Crippen LogP contribution is 2.25. The molecule has 0 aromatic heterocycles. The lowest BCUT2D eigenvalue weighted by atomic mass is 10.1. The number of imide groups is 2. The fraction of sp³-hybridized carbons (Fsp3) is 0.148. The molecule has 0 atom stereocenters. The van der Waals surface area contributed by atoms with Crippen LogP contribution in [0.5, 0.6) is 23.0 Å². The zero-order valence-corrected chi connectivity index (χ0v) is 19.7. The van der Waals surface area contributed by atoms with Gasteiger partial charge in [-0.1, -0.05) is 12.1 Å². The molecule has 0 radical (unpaired) electrons. The van der Waals surface area contributed by atoms with E-state index in [4.69, 9.17) is 18.9 Å². The molecule has 1 aliphatic rings. The molecule has 1 N–H and O–H groups in total. The van der Waals surface area contributed by atoms with Gasteiger partial charge in [0.1, 0.15) is 41.8 Å². The van der Waals surface area contributed by atoms with Crippen LogP contribution in [0.2, 0.25) is 0 Å². The molecule has 1 heterocycles. The summed E-state index contributed by atoms with van der Waals surface area (Å²) in [7, 11) is 3.11. The highest BCUT2D eigenvalue weighted by atomic mass is 16.5. The van der Waals surface area contributed by atoms with E-state index in [1.165, 1.54) is 13.2 Å². The van der Waals surface area contributed by atoms with Crippen LogP contribution in [-0.2, 0) is 9.59 Å². The van der Waals surface area contributed by atoms with Crippen molar-refractivity contribution in [3.63, 3.8) is 0 Å². The van der Waals surface area contributed by atoms with Crippen molar-refractivity contribution in [2.75, 3.05) is 32.3 Å². The third-order valence-corrected chi connectivity index (χ3v) is 5.28. The number of benzene rings is 3. The van der Waals surface area contributed by atoms with Crippen molar-refractivity contribution in [2.24, 2.45) is 0 Å². The van der Waals surface area contributed by atoms with E-state index in [0.29, 0.717) is 35.1 Å². The zero-order valence-electron chi connectivity index (χ0n) is 19.7. The summed E-state index contributed by atoms with van der Waals surface area (Å²) in [4.78, 5) is 38.8. The lowest BCUT2D eigenvalue weighted by molar-refractivity contribution is -0.122. The topological polar surface area (TPSA) is 103 Å². The third-order valence-electron chi connectivity index (χ3n) is 5.28. The van der Waals surface area contributed by atoms with Crippen LogP contribution in [0.4, 0.5) is 10.5 Å². The van der Waals surface area contributed by atoms with E-state index < -0.39 is 17.8 Å². The molecule has 3 aromatic carbocycles. The Labute approximate surface area is 207 Å². The van der Waals surface area contributed by atoms with Gasteiger partial charge in [-0.05, 0) is 72.3 Å². The zero-order chi connectivity index (χ0) is 25.5. The average molecular weight is 488 g/mol. The highest BCUT2D eigenvalue weighted by Gasteiger charge is 2.36. The third kappa shape index (κ3) is 5.64. The van der Waals surface area contributed by atoms with E-state index >= 15 is 0 Å². The SMILES string of the molecule is COc1ccc(OCCOc2cccc(/C=C3\C(=O)NC(=O)N(c4ccc(OC)cc4)C3=O)c2)cc1. The maximum absolute atomic E-state index is 13.1. The molecule has 0 unspecified atom stereocenters. The molecule has 3 aromatic rings. The van der Waals surface area contributed by atoms with Crippen molar-refractivity contribution in [1.82, 2.24) is 5.32 Å². The summed E-state index contributed by atoms with van der Waals surface area (Å²) in [5.74, 6) is 1.04. The number of nitrogens with one attached hydrogen (secondary N) is 1. The van der Waals surface area contributed by atoms with Gasteiger partial charge in [0.05, 0.1) is 19.9 Å². The fourth-order valence-corrected chi connectivity index (χ4v) is 3.48. The Morgan fingerprint density at radius 2 is 1.33 bits per heavy atom. The van der Waals surface area contributed by atoms with Crippen molar-refractivity contribution in [1.29, 1.82) is 0 Å². The van der Waals surface area contributed by atoms with Crippen LogP contribution in [0.3, 0.4) is 0 Å². The summed E-state index contributed by atoms with van der Waals surface area (Å²) >= 11 is 0. The van der Waals surface area contributed by atoms with Crippen LogP contribution >= 0.6 is 0 Å². The molecule has 1 fully saturated rings. The number of anilines is 1. The van der Waals surface area contributed by atoms with Crippen molar-refractivity contribution in [3.8, 4) is 23.0 Å². The quantitative estimate of drug-likeness (QED) is 0.277. The fourth-order valence-electron chi connectivity index (χ4n) is 3.48. The van der Waals surface area contributed by atoms with Crippen LogP contribution in [0, 0.1) is 0 Å². The second-order valence-electron chi connectivity index (χ2n) is 7.60. The number of ether oxygens (including phenoxy) is 4. The van der Waals surface area contributed by atoms with Crippen LogP contribution in [-0.4, -0.2) is 45.3 Å². The maximum Gasteiger partial charge on any atom is 0.335 e. The van der Waals surface area contributed by atoms with Crippen molar-refractivity contribution in [3.05, 3.63) is 83.9 Å². The number of carbonyl (C=O) groups is 3. The van der Waals surface area contributed by atoms with Gasteiger partial charge >= 0.3 is 6.03 Å². The number of carbonyl (C=O) groups excluding carboxylic acids is 3. The summed E-state index contributed by atoms with van der Waals surface area (Å²) in [6, 6.07) is 19.7. The number of rotatable bonds is 9. The Bertz CT molecular complexity index is 1280. The minimum absolute atomic E-state index is 0.176. The van der Waals surface area contributed by atoms with Crippen molar-refractivity contribution < 1.29 is 33.3 Å². The van der Waals surface area contributed by atoms with E-state index in [9.17, 15) is 14.4 Å². The lowest BCUT2D eigenvalue weighted by Gasteiger charge is -2.26. The molecule has 0 saturated carbocycles. The maximum atomic E-state index is 13.1. The second kappa shape index (κ2) is 11.1. The highest BCUT2D eigenvalue weighted by molar-refractivity contribution is 6.39. The van der Waals surface area contributed by atoms with Gasteiger partial charge in [-0.3, -0.25) is 14.9 Å². The lowest BCUT2D eigenvalue weighted by Crippen LogP contribution is -2.54. The Kier molecular flexibility index (Phi) is 7.50. The molecule has 9 nitrogen and oxygen atoms in total. The van der Waals surface area contributed by atoms with Crippen LogP contribution < -0.4 is 29.2 Å². The first kappa shape index (κ1) is 24.3. The number of hydrogen-bond acceptors (Lipinski definition) is 7. The number of methoxy groups -OCH3 is 2. The van der Waals surface area contributed by atoms with Gasteiger partial charge in [0.2, 0.25) is 0 Å². The number of hydrogen-bond donors (Lipinski definition) is 1. The monoisotopic (exact) mass is 488 g/mol. The Morgan fingerprint density at radius 1 is 0.750 bits per heavy atom. The molecule has 0 spiro atoms. The molecule has 1 saturated heterocycles. The van der Waals surface area contributed by atoms with E-state index in [1.807, 2.05) is 0 Å². The van der Waals surface area contributed by atoms with Gasteiger partial charge in [-0.15, -0.1) is 0 Å². The van der Waals surface area contributed by atoms with E-state index in [-0.39, 0.29) is 12.2 Å². The first-order valence-corrected chi connectivity index (χ1v) is 11.0. The molecule has 36 heavy (non-hydrogen) atoms. The van der Waals surface area contributed by atoms with E-state index in [1.54, 1.807) is 79.9 Å². The molecule has 4 rings (SSSR count). The molecular formula is C27H24N2O7. The van der Waals surface area contributed by atoms with Gasteiger partial charge in [-0.25, -0.2) is 9.69 Å². The molecule has 0 bridgehead atoms. The Morgan fingerprint density at radius 3 is 1.97 bits per heavy atom. The minimum atomic E-state index is -0.818. The number of urea groups is 1. The summed E-state index contributed by atoms with van der Waals surface area (Å²) in [6.07, 6.45) is 1.42. The average Bonchev–Trinajstić information content (AvgIpc) is 2.90. The molecule has 184 valence electrons. The molecule has 1 aliphatic heterocycles. The summed E-state index contributed by atoms with van der Waals surface area (Å²) < 4.78 is 21.6. The number of nitrogens with zero attached hydrogens (tertiary/aromatic N) is 1. The molecule has 9 heteroatoms. The van der Waals surface area contributed by atoms with Crippen molar-refractivity contribution >= 4 is 29.6 Å². The normalized spacial score (nSPS) is 14.4. The smallest absolute Gasteiger partial charge is 0.335 e. The molecule has 0 aliphatic carbocycles. The van der Waals surface area contributed by atoms with Crippen molar-refractivity contribution in [2.45, 2.75) is 0 Å². The van der Waals surface area contributed by atoms with Crippen LogP contribution in [0.15, 0.2) is 78.4 Å². The molecule has 4 amide bonds. The van der Waals surface area contributed by atoms with Gasteiger partial charge in [0, 0.05) is 0 Å². The first-order chi connectivity index (χ1) is 17.5. The van der Waals surface area contributed by atoms with Gasteiger partial charge in [0.15, 0.2) is 0 Å². The van der Waals surface area contributed by atoms with E-state index in [2.05, 4.69) is 5.32 Å². The predicted molar refractivity (Wildman–Crippen MR) is 132 cm³/mol. The standard InChI is InChI=1S/C27H24N2O7/c1-33-20-8-6-19(7-9-20)29-26(31)24(25(30)28-27(29)32)17-18-4-3-5-23(16-18)36-15-14-35-22-12-10-21(34-2)11-13-22/h3-13,16-17H,14-15H2,1-2H3,(H,28,30,32)/b24-17+. The van der Waals surface area contributed by atoms with Gasteiger partial charge in [0.25, 0.3) is 11.8 Å². The summed E-state index contributed by atoms with van der Waals surface area (Å²) in [5, 5.41) is 2.21. The van der Waals surface area contributed by atoms with Gasteiger partial charge < -0.3 is 18.9 Å². The Hall–Kier alpha value is -4.79. The van der Waals surface area contributed by atoms with Crippen LogP contribution in [0.25, 0.3) is 6.08 Å². The largest absolute Gasteiger partial charge is 0.497 e. The molecular weight excluding hydrogens is 464 g/mol. The van der Waals surface area contributed by atoms with Crippen LogP contribution in [0.1, 0.15) is 5.56 Å².